The van der Waals surface area contributed by atoms with Gasteiger partial charge in [-0.25, -0.2) is 0 Å². The molecule has 0 aromatic heterocycles. The molecule has 4 aliphatic carbocycles. The van der Waals surface area contributed by atoms with Crippen LogP contribution < -0.4 is 5.32 Å². The molecule has 0 aromatic rings. The van der Waals surface area contributed by atoms with Crippen LogP contribution in [0.15, 0.2) is 0 Å². The van der Waals surface area contributed by atoms with E-state index in [9.17, 15) is 4.79 Å². The normalized spacial score (nSPS) is 35.0. The van der Waals surface area contributed by atoms with E-state index in [0.717, 1.165) is 31.5 Å². The van der Waals surface area contributed by atoms with E-state index in [1.54, 1.807) is 0 Å². The van der Waals surface area contributed by atoms with Crippen LogP contribution in [0.1, 0.15) is 194 Å². The van der Waals surface area contributed by atoms with Crippen molar-refractivity contribution in [3.63, 3.8) is 0 Å². The summed E-state index contributed by atoms with van der Waals surface area (Å²) in [7, 11) is 0.783. The molecule has 0 aromatic carbocycles. The molecule has 4 rings (SSSR count). The predicted molar refractivity (Wildman–Crippen MR) is 176 cm³/mol. The van der Waals surface area contributed by atoms with Crippen molar-refractivity contribution < 1.29 is 4.79 Å². The van der Waals surface area contributed by atoms with E-state index in [0.29, 0.717) is 17.0 Å². The number of nitrogens with one attached hydrogen (secondary N) is 1. The average Bonchev–Trinajstić information content (AvgIpc) is 2.93. The Morgan fingerprint density at radius 1 is 0.575 bits per heavy atom. The summed E-state index contributed by atoms with van der Waals surface area (Å²) >= 11 is 0. The van der Waals surface area contributed by atoms with Crippen molar-refractivity contribution in [2.75, 3.05) is 0 Å². The SMILES string of the molecule is CCC1(NC(=O)BC2CCCCCCCCC2)CCC(CC)(C2CCCC(C3CCCCCCC3)CCC2)CC1. The van der Waals surface area contributed by atoms with Crippen molar-refractivity contribution in [3.05, 3.63) is 0 Å². The highest BCUT2D eigenvalue weighted by molar-refractivity contribution is 6.74. The van der Waals surface area contributed by atoms with E-state index in [2.05, 4.69) is 19.2 Å². The number of carbonyl (C=O) groups excluding carboxylic acids is 1. The largest absolute Gasteiger partial charge is 0.360 e. The van der Waals surface area contributed by atoms with Crippen LogP contribution in [0.25, 0.3) is 0 Å². The number of hydrogen-bond donors (Lipinski definition) is 1. The lowest BCUT2D eigenvalue weighted by Crippen LogP contribution is -2.54. The van der Waals surface area contributed by atoms with Gasteiger partial charge in [-0.1, -0.05) is 155 Å². The highest BCUT2D eigenvalue weighted by Crippen LogP contribution is 2.53. The maximum atomic E-state index is 13.4. The van der Waals surface area contributed by atoms with Crippen LogP contribution in [-0.4, -0.2) is 18.6 Å². The van der Waals surface area contributed by atoms with Crippen molar-refractivity contribution in [2.24, 2.45) is 23.2 Å². The summed E-state index contributed by atoms with van der Waals surface area (Å²) in [6.07, 6.45) is 39.2. The molecular weight excluding hydrogens is 485 g/mol. The number of rotatable bonds is 7. The zero-order valence-corrected chi connectivity index (χ0v) is 27.2. The van der Waals surface area contributed by atoms with Gasteiger partial charge in [0.05, 0.1) is 0 Å². The lowest BCUT2D eigenvalue weighted by molar-refractivity contribution is 0.0293. The zero-order valence-electron chi connectivity index (χ0n) is 27.2. The molecule has 0 bridgehead atoms. The molecular formula is C37H68BNO. The minimum atomic E-state index is 0.0661. The first-order valence-corrected chi connectivity index (χ1v) is 18.9. The fourth-order valence-electron chi connectivity index (χ4n) is 10.1. The van der Waals surface area contributed by atoms with E-state index in [-0.39, 0.29) is 5.54 Å². The summed E-state index contributed by atoms with van der Waals surface area (Å²) in [4.78, 5) is 13.4. The third-order valence-electron chi connectivity index (χ3n) is 13.1. The molecule has 0 unspecified atom stereocenters. The van der Waals surface area contributed by atoms with E-state index in [4.69, 9.17) is 0 Å². The van der Waals surface area contributed by atoms with Crippen molar-refractivity contribution in [1.82, 2.24) is 5.32 Å². The van der Waals surface area contributed by atoms with Crippen molar-refractivity contribution in [3.8, 4) is 0 Å². The van der Waals surface area contributed by atoms with Gasteiger partial charge >= 0.3 is 0 Å². The maximum absolute atomic E-state index is 13.4. The van der Waals surface area contributed by atoms with Gasteiger partial charge in [-0.15, -0.1) is 0 Å². The smallest absolute Gasteiger partial charge is 0.237 e. The van der Waals surface area contributed by atoms with E-state index in [1.807, 2.05) is 0 Å². The molecule has 0 aliphatic heterocycles. The summed E-state index contributed by atoms with van der Waals surface area (Å²) < 4.78 is 0. The van der Waals surface area contributed by atoms with Crippen LogP contribution in [0.5, 0.6) is 0 Å². The molecule has 0 heterocycles. The summed E-state index contributed by atoms with van der Waals surface area (Å²) in [5.41, 5.74) is 0.601. The van der Waals surface area contributed by atoms with Crippen LogP contribution in [0.3, 0.4) is 0 Å². The van der Waals surface area contributed by atoms with E-state index in [1.165, 1.54) is 173 Å². The van der Waals surface area contributed by atoms with Gasteiger partial charge in [0.1, 0.15) is 0 Å². The predicted octanol–water partition coefficient (Wildman–Crippen LogP) is 11.5. The number of amides is 1. The Balaban J connectivity index is 1.27. The van der Waals surface area contributed by atoms with Crippen LogP contribution in [-0.2, 0) is 0 Å². The molecule has 0 spiro atoms. The standard InChI is InChI=1S/C37H68BNO/c1-3-36(33-23-17-21-32(22-18-24-33)31-19-13-9-8-10-14-20-31)27-29-37(4-2,30-28-36)39-35(40)38-34-25-15-11-6-5-7-12-16-26-34/h31-34,38H,3-30H2,1-2H3,(H,39,40). The second-order valence-electron chi connectivity index (χ2n) is 15.4. The Morgan fingerprint density at radius 3 is 1.50 bits per heavy atom. The maximum Gasteiger partial charge on any atom is 0.237 e. The highest BCUT2D eigenvalue weighted by Gasteiger charge is 2.45. The third kappa shape index (κ3) is 9.52. The number of carbonyl (C=O) groups is 1. The fraction of sp³-hybridized carbons (Fsp3) is 0.973. The lowest BCUT2D eigenvalue weighted by atomic mass is 9.56. The molecule has 4 fully saturated rings. The van der Waals surface area contributed by atoms with Gasteiger partial charge in [0.15, 0.2) is 5.81 Å². The number of hydrogen-bond acceptors (Lipinski definition) is 1. The summed E-state index contributed by atoms with van der Waals surface area (Å²) in [6.45, 7) is 4.83. The van der Waals surface area contributed by atoms with Crippen LogP contribution in [0, 0.1) is 23.2 Å². The Bertz CT molecular complexity index is 685. The van der Waals surface area contributed by atoms with Crippen molar-refractivity contribution in [1.29, 1.82) is 0 Å². The topological polar surface area (TPSA) is 29.1 Å². The summed E-state index contributed by atoms with van der Waals surface area (Å²) in [5.74, 6) is 3.98. The Morgan fingerprint density at radius 2 is 1.02 bits per heavy atom. The van der Waals surface area contributed by atoms with E-state index >= 15 is 0 Å². The summed E-state index contributed by atoms with van der Waals surface area (Å²) in [5, 5.41) is 3.69. The van der Waals surface area contributed by atoms with Crippen molar-refractivity contribution in [2.45, 2.75) is 205 Å². The van der Waals surface area contributed by atoms with Crippen LogP contribution in [0.4, 0.5) is 4.79 Å². The van der Waals surface area contributed by atoms with E-state index < -0.39 is 0 Å². The molecule has 40 heavy (non-hydrogen) atoms. The van der Waals surface area contributed by atoms with Gasteiger partial charge < -0.3 is 5.32 Å². The first-order chi connectivity index (χ1) is 19.6. The highest BCUT2D eigenvalue weighted by atomic mass is 16.1. The molecule has 1 N–H and O–H groups in total. The second kappa shape index (κ2) is 17.0. The van der Waals surface area contributed by atoms with Gasteiger partial charge in [-0.3, -0.25) is 4.79 Å². The van der Waals surface area contributed by atoms with Crippen LogP contribution in [0.2, 0.25) is 5.82 Å². The quantitative estimate of drug-likeness (QED) is 0.312. The van der Waals surface area contributed by atoms with Gasteiger partial charge in [0.2, 0.25) is 7.28 Å². The van der Waals surface area contributed by atoms with Crippen LogP contribution >= 0.6 is 0 Å². The third-order valence-corrected chi connectivity index (χ3v) is 13.1. The Hall–Kier alpha value is -0.465. The van der Waals surface area contributed by atoms with Gasteiger partial charge in [0, 0.05) is 5.54 Å². The first kappa shape index (κ1) is 32.4. The molecule has 4 saturated carbocycles. The van der Waals surface area contributed by atoms with Crippen molar-refractivity contribution >= 4 is 13.1 Å². The van der Waals surface area contributed by atoms with Gasteiger partial charge in [-0.2, -0.15) is 0 Å². The molecule has 0 radical (unpaired) electrons. The lowest BCUT2D eigenvalue weighted by Gasteiger charge is -2.51. The fourth-order valence-corrected chi connectivity index (χ4v) is 10.1. The average molecular weight is 554 g/mol. The molecule has 3 heteroatoms. The molecule has 2 nitrogen and oxygen atoms in total. The first-order valence-electron chi connectivity index (χ1n) is 18.9. The Labute approximate surface area is 251 Å². The second-order valence-corrected chi connectivity index (χ2v) is 15.4. The van der Waals surface area contributed by atoms with Gasteiger partial charge in [0.25, 0.3) is 0 Å². The van der Waals surface area contributed by atoms with Gasteiger partial charge in [-0.05, 0) is 68.1 Å². The molecule has 230 valence electrons. The molecule has 1 amide bonds. The Kier molecular flexibility index (Phi) is 13.8. The molecule has 0 atom stereocenters. The molecule has 0 saturated heterocycles. The minimum Gasteiger partial charge on any atom is -0.360 e. The molecule has 4 aliphatic rings. The zero-order chi connectivity index (χ0) is 28.1. The monoisotopic (exact) mass is 554 g/mol. The minimum absolute atomic E-state index is 0.0661. The summed E-state index contributed by atoms with van der Waals surface area (Å²) in [6, 6.07) is 0.